The first kappa shape index (κ1) is 18.6. The van der Waals surface area contributed by atoms with Crippen molar-refractivity contribution in [3.05, 3.63) is 87.1 Å². The highest BCUT2D eigenvalue weighted by molar-refractivity contribution is 6.30. The van der Waals surface area contributed by atoms with E-state index in [0.29, 0.717) is 33.1 Å². The highest BCUT2D eigenvalue weighted by Gasteiger charge is 2.07. The molecule has 0 saturated carbocycles. The molecule has 0 fully saturated rings. The SMILES string of the molecule is Cn1ncc2c(=O)[nH]c(/C=C/c3cccc(NC(=O)c4ccc(Cl)cc4)c3)nc21. The van der Waals surface area contributed by atoms with Crippen LogP contribution >= 0.6 is 11.6 Å². The van der Waals surface area contributed by atoms with Crippen molar-refractivity contribution in [2.75, 3.05) is 5.32 Å². The summed E-state index contributed by atoms with van der Waals surface area (Å²) < 4.78 is 1.55. The second-order valence-electron chi connectivity index (χ2n) is 6.38. The van der Waals surface area contributed by atoms with Crippen LogP contribution < -0.4 is 10.9 Å². The average molecular weight is 406 g/mol. The van der Waals surface area contributed by atoms with E-state index in [0.717, 1.165) is 5.56 Å². The predicted octanol–water partition coefficient (Wildman–Crippen LogP) is 3.73. The molecule has 2 aromatic carbocycles. The minimum absolute atomic E-state index is 0.226. The summed E-state index contributed by atoms with van der Waals surface area (Å²) in [6, 6.07) is 14.0. The van der Waals surface area contributed by atoms with Crippen LogP contribution in [0.4, 0.5) is 5.69 Å². The number of hydrogen-bond donors (Lipinski definition) is 2. The highest BCUT2D eigenvalue weighted by atomic mass is 35.5. The molecule has 2 N–H and O–H groups in total. The number of hydrogen-bond acceptors (Lipinski definition) is 4. The van der Waals surface area contributed by atoms with Gasteiger partial charge in [-0.1, -0.05) is 29.8 Å². The molecule has 0 spiro atoms. The molecule has 8 heteroatoms. The Balaban J connectivity index is 1.54. The number of aromatic amines is 1. The van der Waals surface area contributed by atoms with E-state index in [1.165, 1.54) is 6.20 Å². The first-order valence-corrected chi connectivity index (χ1v) is 9.14. The number of fused-ring (bicyclic) bond motifs is 1. The maximum absolute atomic E-state index is 12.4. The number of nitrogens with one attached hydrogen (secondary N) is 2. The fourth-order valence-corrected chi connectivity index (χ4v) is 2.95. The van der Waals surface area contributed by atoms with E-state index in [1.54, 1.807) is 54.2 Å². The Morgan fingerprint density at radius 1 is 1.17 bits per heavy atom. The summed E-state index contributed by atoms with van der Waals surface area (Å²) >= 11 is 5.86. The number of carbonyl (C=O) groups is 1. The molecule has 2 aromatic heterocycles. The number of amides is 1. The summed E-state index contributed by atoms with van der Waals surface area (Å²) in [4.78, 5) is 31.6. The third-order valence-corrected chi connectivity index (χ3v) is 4.56. The Morgan fingerprint density at radius 2 is 1.97 bits per heavy atom. The number of halogens is 1. The number of carbonyl (C=O) groups excluding carboxylic acids is 1. The number of aryl methyl sites for hydroxylation is 1. The van der Waals surface area contributed by atoms with Crippen molar-refractivity contribution in [2.45, 2.75) is 0 Å². The van der Waals surface area contributed by atoms with E-state index < -0.39 is 0 Å². The standard InChI is InChI=1S/C21H16ClN5O2/c1-27-19-17(12-23-27)21(29)26-18(25-19)10-5-13-3-2-4-16(11-13)24-20(28)14-6-8-15(22)9-7-14/h2-12H,1H3,(H,24,28)(H,25,26,29)/b10-5+. The first-order chi connectivity index (χ1) is 14.0. The molecule has 0 aliphatic rings. The van der Waals surface area contributed by atoms with Crippen molar-refractivity contribution in [2.24, 2.45) is 7.05 Å². The van der Waals surface area contributed by atoms with E-state index in [4.69, 9.17) is 11.6 Å². The van der Waals surface area contributed by atoms with Gasteiger partial charge < -0.3 is 10.3 Å². The molecule has 7 nitrogen and oxygen atoms in total. The molecule has 0 atom stereocenters. The molecule has 0 saturated heterocycles. The Kier molecular flexibility index (Phi) is 4.97. The van der Waals surface area contributed by atoms with Gasteiger partial charge in [-0.3, -0.25) is 14.3 Å². The van der Waals surface area contributed by atoms with Crippen LogP contribution in [0.3, 0.4) is 0 Å². The summed E-state index contributed by atoms with van der Waals surface area (Å²) in [6.45, 7) is 0. The lowest BCUT2D eigenvalue weighted by molar-refractivity contribution is 0.102. The number of benzene rings is 2. The van der Waals surface area contributed by atoms with Gasteiger partial charge >= 0.3 is 0 Å². The predicted molar refractivity (Wildman–Crippen MR) is 114 cm³/mol. The molecule has 144 valence electrons. The fraction of sp³-hybridized carbons (Fsp3) is 0.0476. The number of rotatable bonds is 4. The van der Waals surface area contributed by atoms with Gasteiger partial charge in [-0.25, -0.2) is 4.98 Å². The van der Waals surface area contributed by atoms with Crippen LogP contribution in [0.15, 0.2) is 59.5 Å². The third kappa shape index (κ3) is 4.09. The monoisotopic (exact) mass is 405 g/mol. The second-order valence-corrected chi connectivity index (χ2v) is 6.81. The Morgan fingerprint density at radius 3 is 2.76 bits per heavy atom. The molecule has 0 aliphatic carbocycles. The van der Waals surface area contributed by atoms with Gasteiger partial charge in [0.15, 0.2) is 5.65 Å². The summed E-state index contributed by atoms with van der Waals surface area (Å²) in [5, 5.41) is 7.92. The molecule has 0 aliphatic heterocycles. The van der Waals surface area contributed by atoms with Crippen molar-refractivity contribution < 1.29 is 4.79 Å². The van der Waals surface area contributed by atoms with Crippen LogP contribution in [-0.2, 0) is 7.05 Å². The van der Waals surface area contributed by atoms with E-state index in [1.807, 2.05) is 18.2 Å². The van der Waals surface area contributed by atoms with Gasteiger partial charge in [-0.05, 0) is 48.0 Å². The molecule has 0 bridgehead atoms. The van der Waals surface area contributed by atoms with E-state index in [2.05, 4.69) is 20.4 Å². The van der Waals surface area contributed by atoms with Crippen molar-refractivity contribution in [1.29, 1.82) is 0 Å². The topological polar surface area (TPSA) is 92.7 Å². The lowest BCUT2D eigenvalue weighted by Crippen LogP contribution is -2.11. The van der Waals surface area contributed by atoms with E-state index >= 15 is 0 Å². The highest BCUT2D eigenvalue weighted by Crippen LogP contribution is 2.16. The van der Waals surface area contributed by atoms with E-state index in [-0.39, 0.29) is 11.5 Å². The number of H-pyrrole nitrogens is 1. The van der Waals surface area contributed by atoms with Gasteiger partial charge in [-0.15, -0.1) is 0 Å². The summed E-state index contributed by atoms with van der Waals surface area (Å²) in [5.74, 6) is 0.192. The third-order valence-electron chi connectivity index (χ3n) is 4.30. The lowest BCUT2D eigenvalue weighted by atomic mass is 10.1. The smallest absolute Gasteiger partial charge is 0.262 e. The van der Waals surface area contributed by atoms with Crippen LogP contribution in [-0.4, -0.2) is 25.7 Å². The zero-order valence-corrected chi connectivity index (χ0v) is 16.1. The summed E-state index contributed by atoms with van der Waals surface area (Å²) in [5.41, 5.74) is 2.27. The van der Waals surface area contributed by atoms with Gasteiger partial charge in [0.2, 0.25) is 0 Å². The first-order valence-electron chi connectivity index (χ1n) is 8.77. The van der Waals surface area contributed by atoms with Crippen molar-refractivity contribution >= 4 is 46.4 Å². The maximum atomic E-state index is 12.4. The minimum Gasteiger partial charge on any atom is -0.322 e. The van der Waals surface area contributed by atoms with Gasteiger partial charge in [0.1, 0.15) is 11.2 Å². The van der Waals surface area contributed by atoms with Crippen LogP contribution in [0.2, 0.25) is 5.02 Å². The van der Waals surface area contributed by atoms with Crippen LogP contribution in [0.25, 0.3) is 23.2 Å². The quantitative estimate of drug-likeness (QED) is 0.541. The molecule has 0 radical (unpaired) electrons. The normalized spacial score (nSPS) is 11.2. The van der Waals surface area contributed by atoms with Crippen LogP contribution in [0, 0.1) is 0 Å². The number of anilines is 1. The molecular weight excluding hydrogens is 390 g/mol. The maximum Gasteiger partial charge on any atom is 0.262 e. The van der Waals surface area contributed by atoms with Crippen molar-refractivity contribution in [3.8, 4) is 0 Å². The summed E-state index contributed by atoms with van der Waals surface area (Å²) in [6.07, 6.45) is 4.99. The minimum atomic E-state index is -0.244. The van der Waals surface area contributed by atoms with Crippen molar-refractivity contribution in [1.82, 2.24) is 19.7 Å². The molecule has 2 heterocycles. The van der Waals surface area contributed by atoms with Crippen molar-refractivity contribution in [3.63, 3.8) is 0 Å². The average Bonchev–Trinajstić information content (AvgIpc) is 3.09. The molecule has 4 rings (SSSR count). The van der Waals surface area contributed by atoms with Gasteiger partial charge in [0.05, 0.1) is 6.20 Å². The molecule has 0 unspecified atom stereocenters. The molecular formula is C21H16ClN5O2. The molecule has 1 amide bonds. The zero-order valence-electron chi connectivity index (χ0n) is 15.4. The van der Waals surface area contributed by atoms with E-state index in [9.17, 15) is 9.59 Å². The zero-order chi connectivity index (χ0) is 20.4. The van der Waals surface area contributed by atoms with Gasteiger partial charge in [0, 0.05) is 23.3 Å². The van der Waals surface area contributed by atoms with Crippen LogP contribution in [0.1, 0.15) is 21.7 Å². The fourth-order valence-electron chi connectivity index (χ4n) is 2.83. The van der Waals surface area contributed by atoms with Gasteiger partial charge in [-0.2, -0.15) is 5.10 Å². The molecule has 29 heavy (non-hydrogen) atoms. The Labute approximate surface area is 170 Å². The number of aromatic nitrogens is 4. The Hall–Kier alpha value is -3.71. The number of nitrogens with zero attached hydrogens (tertiary/aromatic N) is 3. The summed E-state index contributed by atoms with van der Waals surface area (Å²) in [7, 11) is 1.73. The second kappa shape index (κ2) is 7.73. The lowest BCUT2D eigenvalue weighted by Gasteiger charge is -2.06. The largest absolute Gasteiger partial charge is 0.322 e. The van der Waals surface area contributed by atoms with Crippen LogP contribution in [0.5, 0.6) is 0 Å². The Bertz CT molecular complexity index is 1290. The molecule has 4 aromatic rings. The van der Waals surface area contributed by atoms with Gasteiger partial charge in [0.25, 0.3) is 11.5 Å².